The fourth-order valence-corrected chi connectivity index (χ4v) is 2.80. The molecule has 2 unspecified atom stereocenters. The molecule has 0 radical (unpaired) electrons. The zero-order valence-electron chi connectivity index (χ0n) is 9.97. The Labute approximate surface area is 105 Å². The minimum atomic E-state index is -0.199. The lowest BCUT2D eigenvalue weighted by Crippen LogP contribution is -2.35. The van der Waals surface area contributed by atoms with Gasteiger partial charge in [-0.3, -0.25) is 9.59 Å². The van der Waals surface area contributed by atoms with Crippen LogP contribution in [0.5, 0.6) is 0 Å². The number of hydrogen-bond donors (Lipinski definition) is 1. The second-order valence-corrected chi connectivity index (χ2v) is 5.32. The Kier molecular flexibility index (Phi) is 3.47. The summed E-state index contributed by atoms with van der Waals surface area (Å²) >= 11 is 1.64. The number of nitrogens with one attached hydrogen (secondary N) is 1. The van der Waals surface area contributed by atoms with Crippen molar-refractivity contribution in [1.29, 1.82) is 0 Å². The molecule has 1 fully saturated rings. The van der Waals surface area contributed by atoms with Gasteiger partial charge in [-0.15, -0.1) is 11.3 Å². The molecule has 5 heteroatoms. The molecule has 4 nitrogen and oxygen atoms in total. The Morgan fingerprint density at radius 3 is 2.94 bits per heavy atom. The fraction of sp³-hybridized carbons (Fsp3) is 0.500. The van der Waals surface area contributed by atoms with Gasteiger partial charge in [0.1, 0.15) is 0 Å². The van der Waals surface area contributed by atoms with E-state index in [1.807, 2.05) is 24.4 Å². The van der Waals surface area contributed by atoms with Gasteiger partial charge < -0.3 is 10.2 Å². The molecule has 92 valence electrons. The quantitative estimate of drug-likeness (QED) is 0.884. The molecule has 1 N–H and O–H groups in total. The Morgan fingerprint density at radius 2 is 2.41 bits per heavy atom. The topological polar surface area (TPSA) is 49.4 Å². The maximum atomic E-state index is 12.2. The van der Waals surface area contributed by atoms with Crippen LogP contribution in [0.25, 0.3) is 0 Å². The first-order valence-electron chi connectivity index (χ1n) is 5.66. The molecule has 1 saturated heterocycles. The van der Waals surface area contributed by atoms with E-state index >= 15 is 0 Å². The molecule has 1 aromatic heterocycles. The normalized spacial score (nSPS) is 21.1. The first kappa shape index (κ1) is 12.1. The highest BCUT2D eigenvalue weighted by Crippen LogP contribution is 2.25. The number of amides is 2. The number of rotatable bonds is 3. The number of thiophene rings is 1. The molecule has 1 aliphatic heterocycles. The Hall–Kier alpha value is -1.36. The Bertz CT molecular complexity index is 416. The molecule has 1 aromatic rings. The SMILES string of the molecule is CC(c1cccs1)N(C)C(=O)C1CNC(=O)C1. The van der Waals surface area contributed by atoms with Crippen LogP contribution in [0.1, 0.15) is 24.3 Å². The van der Waals surface area contributed by atoms with E-state index in [0.29, 0.717) is 13.0 Å². The Balaban J connectivity index is 2.02. The van der Waals surface area contributed by atoms with Crippen LogP contribution in [0.15, 0.2) is 17.5 Å². The third-order valence-corrected chi connectivity index (χ3v) is 4.25. The third-order valence-electron chi connectivity index (χ3n) is 3.21. The highest BCUT2D eigenvalue weighted by Gasteiger charge is 2.31. The van der Waals surface area contributed by atoms with Crippen LogP contribution in [0, 0.1) is 5.92 Å². The first-order valence-corrected chi connectivity index (χ1v) is 6.54. The molecular weight excluding hydrogens is 236 g/mol. The first-order chi connectivity index (χ1) is 8.09. The van der Waals surface area contributed by atoms with Crippen molar-refractivity contribution in [2.45, 2.75) is 19.4 Å². The minimum absolute atomic E-state index is 0.0273. The predicted octanol–water partition coefficient (Wildman–Crippen LogP) is 1.40. The third kappa shape index (κ3) is 2.49. The van der Waals surface area contributed by atoms with Gasteiger partial charge in [-0.2, -0.15) is 0 Å². The summed E-state index contributed by atoms with van der Waals surface area (Å²) in [5, 5.41) is 4.70. The average molecular weight is 252 g/mol. The zero-order chi connectivity index (χ0) is 12.4. The predicted molar refractivity (Wildman–Crippen MR) is 66.6 cm³/mol. The number of carbonyl (C=O) groups excluding carboxylic acids is 2. The van der Waals surface area contributed by atoms with Crippen LogP contribution < -0.4 is 5.32 Å². The van der Waals surface area contributed by atoms with Gasteiger partial charge in [-0.1, -0.05) is 6.07 Å². The van der Waals surface area contributed by atoms with Crippen molar-refractivity contribution in [2.24, 2.45) is 5.92 Å². The lowest BCUT2D eigenvalue weighted by molar-refractivity contribution is -0.136. The molecular formula is C12H16N2O2S. The second kappa shape index (κ2) is 4.87. The second-order valence-electron chi connectivity index (χ2n) is 4.35. The number of carbonyl (C=O) groups is 2. The van der Waals surface area contributed by atoms with Crippen LogP contribution in [-0.2, 0) is 9.59 Å². The molecule has 0 aromatic carbocycles. The number of nitrogens with zero attached hydrogens (tertiary/aromatic N) is 1. The van der Waals surface area contributed by atoms with Crippen molar-refractivity contribution in [3.63, 3.8) is 0 Å². The minimum Gasteiger partial charge on any atom is -0.355 e. The summed E-state index contributed by atoms with van der Waals surface area (Å²) in [7, 11) is 1.80. The summed E-state index contributed by atoms with van der Waals surface area (Å²) in [6.45, 7) is 2.48. The molecule has 0 bridgehead atoms. The maximum absolute atomic E-state index is 12.2. The highest BCUT2D eigenvalue weighted by atomic mass is 32.1. The molecule has 17 heavy (non-hydrogen) atoms. The van der Waals surface area contributed by atoms with E-state index in [0.717, 1.165) is 4.88 Å². The van der Waals surface area contributed by atoms with Crippen LogP contribution in [-0.4, -0.2) is 30.3 Å². The summed E-state index contributed by atoms with van der Waals surface area (Å²) in [6, 6.07) is 4.07. The summed E-state index contributed by atoms with van der Waals surface area (Å²) in [5.74, 6) is -0.181. The van der Waals surface area contributed by atoms with Crippen molar-refractivity contribution < 1.29 is 9.59 Å². The summed E-state index contributed by atoms with van der Waals surface area (Å²) in [6.07, 6.45) is 0.320. The van der Waals surface area contributed by atoms with Crippen molar-refractivity contribution in [3.8, 4) is 0 Å². The van der Waals surface area contributed by atoms with E-state index < -0.39 is 0 Å². The summed E-state index contributed by atoms with van der Waals surface area (Å²) in [4.78, 5) is 26.2. The highest BCUT2D eigenvalue weighted by molar-refractivity contribution is 7.10. The van der Waals surface area contributed by atoms with Gasteiger partial charge in [0.25, 0.3) is 0 Å². The summed E-state index contributed by atoms with van der Waals surface area (Å²) in [5.41, 5.74) is 0. The number of hydrogen-bond acceptors (Lipinski definition) is 3. The zero-order valence-corrected chi connectivity index (χ0v) is 10.8. The largest absolute Gasteiger partial charge is 0.355 e. The molecule has 2 atom stereocenters. The monoisotopic (exact) mass is 252 g/mol. The molecule has 0 saturated carbocycles. The van der Waals surface area contributed by atoms with E-state index in [1.165, 1.54) is 0 Å². The maximum Gasteiger partial charge on any atom is 0.228 e. The van der Waals surface area contributed by atoms with E-state index in [9.17, 15) is 9.59 Å². The molecule has 2 amide bonds. The van der Waals surface area contributed by atoms with Gasteiger partial charge in [0.15, 0.2) is 0 Å². The van der Waals surface area contributed by atoms with Gasteiger partial charge in [0.2, 0.25) is 11.8 Å². The van der Waals surface area contributed by atoms with Crippen molar-refractivity contribution >= 4 is 23.2 Å². The lowest BCUT2D eigenvalue weighted by atomic mass is 10.1. The van der Waals surface area contributed by atoms with Gasteiger partial charge in [-0.05, 0) is 18.4 Å². The summed E-state index contributed by atoms with van der Waals surface area (Å²) < 4.78 is 0. The lowest BCUT2D eigenvalue weighted by Gasteiger charge is -2.26. The van der Waals surface area contributed by atoms with Gasteiger partial charge >= 0.3 is 0 Å². The molecule has 0 aliphatic carbocycles. The van der Waals surface area contributed by atoms with E-state index in [-0.39, 0.29) is 23.8 Å². The standard InChI is InChI=1S/C12H16N2O2S/c1-8(10-4-3-5-17-10)14(2)12(16)9-6-11(15)13-7-9/h3-5,8-9H,6-7H2,1-2H3,(H,13,15). The van der Waals surface area contributed by atoms with Crippen molar-refractivity contribution in [3.05, 3.63) is 22.4 Å². The van der Waals surface area contributed by atoms with E-state index in [4.69, 9.17) is 0 Å². The average Bonchev–Trinajstić information content (AvgIpc) is 2.96. The van der Waals surface area contributed by atoms with Gasteiger partial charge in [0, 0.05) is 24.9 Å². The smallest absolute Gasteiger partial charge is 0.228 e. The van der Waals surface area contributed by atoms with E-state index in [2.05, 4.69) is 5.32 Å². The fourth-order valence-electron chi connectivity index (χ4n) is 1.98. The van der Waals surface area contributed by atoms with E-state index in [1.54, 1.807) is 23.3 Å². The molecule has 1 aliphatic rings. The van der Waals surface area contributed by atoms with Gasteiger partial charge in [-0.25, -0.2) is 0 Å². The van der Waals surface area contributed by atoms with Crippen LogP contribution in [0.2, 0.25) is 0 Å². The van der Waals surface area contributed by atoms with Crippen LogP contribution >= 0.6 is 11.3 Å². The molecule has 2 heterocycles. The van der Waals surface area contributed by atoms with Crippen molar-refractivity contribution in [2.75, 3.05) is 13.6 Å². The molecule has 0 spiro atoms. The van der Waals surface area contributed by atoms with Crippen LogP contribution in [0.4, 0.5) is 0 Å². The van der Waals surface area contributed by atoms with Crippen LogP contribution in [0.3, 0.4) is 0 Å². The Morgan fingerprint density at radius 1 is 1.65 bits per heavy atom. The van der Waals surface area contributed by atoms with Gasteiger partial charge in [0.05, 0.1) is 12.0 Å². The van der Waals surface area contributed by atoms with Crippen molar-refractivity contribution in [1.82, 2.24) is 10.2 Å². The molecule has 2 rings (SSSR count).